The molecule has 3 rings (SSSR count). The molecule has 9 heteroatoms. The van der Waals surface area contributed by atoms with E-state index in [9.17, 15) is 32.3 Å². The van der Waals surface area contributed by atoms with E-state index >= 15 is 0 Å². The molecule has 3 unspecified atom stereocenters. The fraction of sp³-hybridized carbons (Fsp3) is 0.263. The van der Waals surface area contributed by atoms with Crippen molar-refractivity contribution in [1.82, 2.24) is 10.6 Å². The van der Waals surface area contributed by atoms with E-state index in [1.54, 1.807) is 19.1 Å². The summed E-state index contributed by atoms with van der Waals surface area (Å²) in [6.07, 6.45) is -5.34. The van der Waals surface area contributed by atoms with Gasteiger partial charge in [-0.05, 0) is 24.6 Å². The van der Waals surface area contributed by atoms with Crippen LogP contribution >= 0.6 is 0 Å². The van der Waals surface area contributed by atoms with Gasteiger partial charge in [0.1, 0.15) is 11.7 Å². The van der Waals surface area contributed by atoms with Crippen LogP contribution in [0.15, 0.2) is 48.5 Å². The molecule has 28 heavy (non-hydrogen) atoms. The molecule has 3 atom stereocenters. The number of amides is 2. The quantitative estimate of drug-likeness (QED) is 0.551. The van der Waals surface area contributed by atoms with Crippen molar-refractivity contribution in [3.63, 3.8) is 0 Å². The number of hydrogen-bond donors (Lipinski definition) is 3. The minimum atomic E-state index is -5.34. The van der Waals surface area contributed by atoms with Crippen molar-refractivity contribution in [3.8, 4) is 0 Å². The second-order valence-electron chi connectivity index (χ2n) is 6.60. The Bertz CT molecular complexity index is 897. The highest BCUT2D eigenvalue weighted by Crippen LogP contribution is 2.43. The van der Waals surface area contributed by atoms with Gasteiger partial charge >= 0.3 is 12.2 Å². The monoisotopic (exact) mass is 396 g/mol. The summed E-state index contributed by atoms with van der Waals surface area (Å²) in [5.74, 6) is -3.81. The molecule has 1 fully saturated rings. The van der Waals surface area contributed by atoms with E-state index in [0.29, 0.717) is 0 Å². The standard InChI is InChI=1S/C19H16F4N2O3/c1-10-2-4-12(5-3-10)16(26)14-15(11-6-8-13(20)9-7-11)24-17(27)25-18(14,28)19(21,22)23/h2-9,14-15,28H,1H3,(H2,24,25,27). The summed E-state index contributed by atoms with van der Waals surface area (Å²) in [7, 11) is 0. The molecule has 148 valence electrons. The number of aliphatic hydroxyl groups is 1. The zero-order chi connectivity index (χ0) is 20.7. The number of nitrogens with one attached hydrogen (secondary N) is 2. The third kappa shape index (κ3) is 3.45. The summed E-state index contributed by atoms with van der Waals surface area (Å²) in [5.41, 5.74) is -3.04. The van der Waals surface area contributed by atoms with Crippen LogP contribution < -0.4 is 10.6 Å². The Morgan fingerprint density at radius 3 is 2.18 bits per heavy atom. The van der Waals surface area contributed by atoms with Gasteiger partial charge in [0, 0.05) is 5.56 Å². The van der Waals surface area contributed by atoms with E-state index in [4.69, 9.17) is 0 Å². The third-order valence-electron chi connectivity index (χ3n) is 4.65. The predicted octanol–water partition coefficient (Wildman–Crippen LogP) is 3.24. The van der Waals surface area contributed by atoms with Gasteiger partial charge in [0.2, 0.25) is 5.72 Å². The number of carbonyl (C=O) groups is 2. The van der Waals surface area contributed by atoms with Gasteiger partial charge in [0.05, 0.1) is 6.04 Å². The molecule has 0 aliphatic carbocycles. The molecule has 0 aromatic heterocycles. The highest BCUT2D eigenvalue weighted by atomic mass is 19.4. The molecule has 0 bridgehead atoms. The molecule has 1 aliphatic heterocycles. The fourth-order valence-corrected chi connectivity index (χ4v) is 3.18. The first-order valence-corrected chi connectivity index (χ1v) is 8.27. The van der Waals surface area contributed by atoms with Crippen molar-refractivity contribution >= 4 is 11.8 Å². The van der Waals surface area contributed by atoms with Gasteiger partial charge in [0.25, 0.3) is 0 Å². The Balaban J connectivity index is 2.15. The number of alkyl halides is 3. The predicted molar refractivity (Wildman–Crippen MR) is 90.8 cm³/mol. The van der Waals surface area contributed by atoms with E-state index in [1.165, 1.54) is 17.4 Å². The SMILES string of the molecule is Cc1ccc(C(=O)C2C(c3ccc(F)cc3)NC(=O)NC2(O)C(F)(F)F)cc1. The van der Waals surface area contributed by atoms with Gasteiger partial charge in [-0.25, -0.2) is 9.18 Å². The molecule has 1 saturated heterocycles. The molecule has 2 amide bonds. The van der Waals surface area contributed by atoms with Crippen LogP contribution in [0.3, 0.4) is 0 Å². The maximum absolute atomic E-state index is 13.7. The van der Waals surface area contributed by atoms with E-state index in [0.717, 1.165) is 29.8 Å². The molecule has 3 N–H and O–H groups in total. The van der Waals surface area contributed by atoms with Gasteiger partial charge < -0.3 is 15.7 Å². The van der Waals surface area contributed by atoms with E-state index in [1.807, 2.05) is 0 Å². The van der Waals surface area contributed by atoms with Crippen LogP contribution in [-0.2, 0) is 0 Å². The zero-order valence-electron chi connectivity index (χ0n) is 14.5. The van der Waals surface area contributed by atoms with Crippen molar-refractivity contribution in [2.75, 3.05) is 0 Å². The molecule has 1 aliphatic rings. The number of ketones is 1. The zero-order valence-corrected chi connectivity index (χ0v) is 14.5. The minimum absolute atomic E-state index is 0.0457. The molecular weight excluding hydrogens is 380 g/mol. The van der Waals surface area contributed by atoms with Crippen LogP contribution in [0.25, 0.3) is 0 Å². The number of halogens is 4. The third-order valence-corrected chi connectivity index (χ3v) is 4.65. The molecular formula is C19H16F4N2O3. The van der Waals surface area contributed by atoms with Crippen LogP contribution in [0.2, 0.25) is 0 Å². The lowest BCUT2D eigenvalue weighted by atomic mass is 9.77. The van der Waals surface area contributed by atoms with Gasteiger partial charge in [-0.1, -0.05) is 42.0 Å². The molecule has 5 nitrogen and oxygen atoms in total. The summed E-state index contributed by atoms with van der Waals surface area (Å²) >= 11 is 0. The van der Waals surface area contributed by atoms with E-state index in [2.05, 4.69) is 5.32 Å². The Kier molecular flexibility index (Phi) is 4.88. The maximum atomic E-state index is 13.7. The van der Waals surface area contributed by atoms with Crippen molar-refractivity contribution in [1.29, 1.82) is 0 Å². The Hall–Kier alpha value is -2.94. The normalized spacial score (nSPS) is 25.0. The number of carbonyl (C=O) groups excluding carboxylic acids is 2. The number of urea groups is 1. The average Bonchev–Trinajstić information content (AvgIpc) is 2.61. The first-order valence-electron chi connectivity index (χ1n) is 8.27. The number of Topliss-reactive ketones (excluding diaryl/α,β-unsaturated/α-hetero) is 1. The van der Waals surface area contributed by atoms with Crippen LogP contribution in [0.4, 0.5) is 22.4 Å². The molecule has 0 spiro atoms. The lowest BCUT2D eigenvalue weighted by Crippen LogP contribution is -2.72. The van der Waals surface area contributed by atoms with Crippen molar-refractivity contribution in [2.45, 2.75) is 24.9 Å². The largest absolute Gasteiger partial charge is 0.437 e. The Morgan fingerprint density at radius 2 is 1.64 bits per heavy atom. The highest BCUT2D eigenvalue weighted by Gasteiger charge is 2.66. The summed E-state index contributed by atoms with van der Waals surface area (Å²) in [6.45, 7) is 1.74. The lowest BCUT2D eigenvalue weighted by molar-refractivity contribution is -0.287. The first-order chi connectivity index (χ1) is 13.0. The van der Waals surface area contributed by atoms with Crippen molar-refractivity contribution in [2.24, 2.45) is 5.92 Å². The Morgan fingerprint density at radius 1 is 1.07 bits per heavy atom. The average molecular weight is 396 g/mol. The van der Waals surface area contributed by atoms with Crippen molar-refractivity contribution in [3.05, 3.63) is 71.0 Å². The molecule has 0 saturated carbocycles. The number of benzene rings is 2. The maximum Gasteiger partial charge on any atom is 0.437 e. The summed E-state index contributed by atoms with van der Waals surface area (Å²) in [4.78, 5) is 24.9. The number of hydrogen-bond acceptors (Lipinski definition) is 3. The topological polar surface area (TPSA) is 78.4 Å². The van der Waals surface area contributed by atoms with E-state index in [-0.39, 0.29) is 11.1 Å². The van der Waals surface area contributed by atoms with Crippen LogP contribution in [0, 0.1) is 18.7 Å². The Labute approximate surface area is 157 Å². The summed E-state index contributed by atoms with van der Waals surface area (Å²) in [5, 5.41) is 14.1. The molecule has 2 aromatic rings. The first kappa shape index (κ1) is 19.8. The van der Waals surface area contributed by atoms with Crippen molar-refractivity contribution < 1.29 is 32.3 Å². The van der Waals surface area contributed by atoms with Crippen LogP contribution in [0.1, 0.15) is 27.5 Å². The molecule has 0 radical (unpaired) electrons. The molecule has 2 aromatic carbocycles. The summed E-state index contributed by atoms with van der Waals surface area (Å²) < 4.78 is 54.4. The smallest absolute Gasteiger partial charge is 0.363 e. The molecule has 1 heterocycles. The second kappa shape index (κ2) is 6.90. The number of rotatable bonds is 3. The fourth-order valence-electron chi connectivity index (χ4n) is 3.18. The lowest BCUT2D eigenvalue weighted by Gasteiger charge is -2.45. The summed E-state index contributed by atoms with van der Waals surface area (Å²) in [6, 6.07) is 7.21. The van der Waals surface area contributed by atoms with Gasteiger partial charge in [-0.15, -0.1) is 0 Å². The van der Waals surface area contributed by atoms with Gasteiger partial charge in [0.15, 0.2) is 5.78 Å². The minimum Gasteiger partial charge on any atom is -0.363 e. The number of aryl methyl sites for hydroxylation is 1. The second-order valence-corrected chi connectivity index (χ2v) is 6.60. The highest BCUT2D eigenvalue weighted by molar-refractivity contribution is 6.00. The van der Waals surface area contributed by atoms with Crippen LogP contribution in [-0.4, -0.2) is 28.8 Å². The van der Waals surface area contributed by atoms with Gasteiger partial charge in [-0.2, -0.15) is 13.2 Å². The van der Waals surface area contributed by atoms with E-state index < -0.39 is 41.5 Å². The van der Waals surface area contributed by atoms with Crippen LogP contribution in [0.5, 0.6) is 0 Å². The van der Waals surface area contributed by atoms with Gasteiger partial charge in [-0.3, -0.25) is 4.79 Å².